The number of aliphatic hydroxyl groups is 1. The van der Waals surface area contributed by atoms with Crippen LogP contribution in [0.15, 0.2) is 16.5 Å². The van der Waals surface area contributed by atoms with Crippen molar-refractivity contribution >= 4 is 11.5 Å². The predicted molar refractivity (Wildman–Crippen MR) is 114 cm³/mol. The first kappa shape index (κ1) is 24.7. The number of hydrogen-bond acceptors (Lipinski definition) is 5. The lowest BCUT2D eigenvalue weighted by Crippen LogP contribution is -2.62. The summed E-state index contributed by atoms with van der Waals surface area (Å²) in [5.74, 6) is -0.185. The topological polar surface area (TPSA) is 68.1 Å². The maximum Gasteiger partial charge on any atom is 0.246 e. The minimum Gasteiger partial charge on any atom is -0.487 e. The van der Waals surface area contributed by atoms with Crippen LogP contribution in [-0.4, -0.2) is 39.9 Å². The molecule has 0 radical (unpaired) electrons. The second-order valence-corrected chi connectivity index (χ2v) is 11.3. The summed E-state index contributed by atoms with van der Waals surface area (Å²) in [5, 5.41) is 11.6. The molecule has 0 saturated heterocycles. The van der Waals surface area contributed by atoms with E-state index >= 15 is 0 Å². The van der Waals surface area contributed by atoms with Crippen molar-refractivity contribution in [1.29, 1.82) is 0 Å². The van der Waals surface area contributed by atoms with Crippen LogP contribution in [0, 0.1) is 10.8 Å². The average Bonchev–Trinajstić information content (AvgIpc) is 2.43. The Hall–Kier alpha value is -1.36. The van der Waals surface area contributed by atoms with Gasteiger partial charge in [-0.3, -0.25) is 9.79 Å². The van der Waals surface area contributed by atoms with Gasteiger partial charge in [-0.05, 0) is 53.4 Å². The molecule has 1 unspecified atom stereocenters. The van der Waals surface area contributed by atoms with E-state index in [1.54, 1.807) is 0 Å². The summed E-state index contributed by atoms with van der Waals surface area (Å²) >= 11 is 0. The van der Waals surface area contributed by atoms with E-state index in [4.69, 9.17) is 14.5 Å². The Balaban J connectivity index is 3.59. The minimum atomic E-state index is -1.89. The average molecular weight is 396 g/mol. The Morgan fingerprint density at radius 3 is 1.79 bits per heavy atom. The first-order valence-electron chi connectivity index (χ1n) is 10.3. The van der Waals surface area contributed by atoms with Gasteiger partial charge in [-0.25, -0.2) is 0 Å². The van der Waals surface area contributed by atoms with Crippen LogP contribution in [0.2, 0.25) is 0 Å². The molecule has 1 atom stereocenters. The van der Waals surface area contributed by atoms with Gasteiger partial charge >= 0.3 is 0 Å². The van der Waals surface area contributed by atoms with E-state index in [0.29, 0.717) is 5.71 Å². The van der Waals surface area contributed by atoms with Crippen molar-refractivity contribution in [2.45, 2.75) is 113 Å². The van der Waals surface area contributed by atoms with E-state index in [1.807, 2.05) is 62.3 Å². The van der Waals surface area contributed by atoms with Crippen molar-refractivity contribution in [1.82, 2.24) is 0 Å². The zero-order valence-electron chi connectivity index (χ0n) is 20.0. The third kappa shape index (κ3) is 5.59. The summed E-state index contributed by atoms with van der Waals surface area (Å²) in [6.45, 7) is 23.8. The molecule has 0 amide bonds. The number of ketones is 1. The Morgan fingerprint density at radius 2 is 1.43 bits per heavy atom. The molecule has 5 nitrogen and oxygen atoms in total. The number of aliphatic imine (C=N–C) groups is 1. The summed E-state index contributed by atoms with van der Waals surface area (Å²) in [6.07, 6.45) is 0.411. The highest BCUT2D eigenvalue weighted by atomic mass is 16.6. The van der Waals surface area contributed by atoms with Crippen LogP contribution in [0.1, 0.15) is 89.5 Å². The van der Waals surface area contributed by atoms with Crippen molar-refractivity contribution in [3.05, 3.63) is 11.5 Å². The van der Waals surface area contributed by atoms with Crippen LogP contribution in [0.3, 0.4) is 0 Å². The maximum atomic E-state index is 13.1. The van der Waals surface area contributed by atoms with Gasteiger partial charge in [0, 0.05) is 5.41 Å². The van der Waals surface area contributed by atoms with Crippen molar-refractivity contribution in [2.24, 2.45) is 15.8 Å². The molecule has 0 fully saturated rings. The number of nitrogens with zero attached hydrogens (tertiary/aromatic N) is 1. The first-order chi connectivity index (χ1) is 12.3. The van der Waals surface area contributed by atoms with Gasteiger partial charge in [0.2, 0.25) is 17.1 Å². The summed E-state index contributed by atoms with van der Waals surface area (Å²) in [4.78, 5) is 18.0. The normalized spacial score (nSPS) is 22.1. The van der Waals surface area contributed by atoms with E-state index < -0.39 is 22.3 Å². The number of carbonyl (C=O) groups excluding carboxylic acids is 1. The quantitative estimate of drug-likeness (QED) is 0.612. The fraction of sp³-hybridized carbons (Fsp3) is 0.826. The monoisotopic (exact) mass is 395 g/mol. The van der Waals surface area contributed by atoms with Crippen LogP contribution in [0.25, 0.3) is 0 Å². The fourth-order valence-corrected chi connectivity index (χ4v) is 3.84. The van der Waals surface area contributed by atoms with Crippen molar-refractivity contribution in [3.63, 3.8) is 0 Å². The zero-order valence-corrected chi connectivity index (χ0v) is 20.0. The molecule has 0 heterocycles. The highest BCUT2D eigenvalue weighted by Crippen LogP contribution is 2.44. The Bertz CT molecular complexity index is 657. The SMILES string of the molecule is CC(C)OC1=C(OC(C)C)C(O)(C(=NC(C)(C)CC(C)(C)C)C(C)(C)C)C1=O. The smallest absolute Gasteiger partial charge is 0.246 e. The molecule has 0 bridgehead atoms. The van der Waals surface area contributed by atoms with Gasteiger partial charge in [0.1, 0.15) is 0 Å². The molecule has 0 spiro atoms. The Morgan fingerprint density at radius 1 is 0.964 bits per heavy atom. The maximum absolute atomic E-state index is 13.1. The standard InChI is InChI=1S/C23H41NO4/c1-14(2)27-16-17(25)23(26,18(16)28-15(3)4)19(21(8,9)10)24-22(11,12)13-20(5,6)7/h14-15,26H,13H2,1-12H3. The van der Waals surface area contributed by atoms with Crippen LogP contribution in [0.5, 0.6) is 0 Å². The number of Topliss-reactive ketones (excluding diaryl/α,β-unsaturated/α-hetero) is 1. The van der Waals surface area contributed by atoms with Crippen LogP contribution >= 0.6 is 0 Å². The molecule has 0 aromatic heterocycles. The molecule has 0 aliphatic heterocycles. The Kier molecular flexibility index (Phi) is 6.88. The fourth-order valence-electron chi connectivity index (χ4n) is 3.84. The summed E-state index contributed by atoms with van der Waals surface area (Å²) in [7, 11) is 0. The highest BCUT2D eigenvalue weighted by Gasteiger charge is 2.62. The van der Waals surface area contributed by atoms with Crippen molar-refractivity contribution < 1.29 is 19.4 Å². The van der Waals surface area contributed by atoms with Crippen LogP contribution < -0.4 is 0 Å². The molecular formula is C23H41NO4. The molecule has 1 aliphatic carbocycles. The van der Waals surface area contributed by atoms with E-state index in [-0.39, 0.29) is 29.1 Å². The molecule has 1 aliphatic rings. The van der Waals surface area contributed by atoms with Gasteiger partial charge < -0.3 is 14.6 Å². The molecule has 1 N–H and O–H groups in total. The molecule has 1 rings (SSSR count). The van der Waals surface area contributed by atoms with Crippen molar-refractivity contribution in [3.8, 4) is 0 Å². The second kappa shape index (κ2) is 7.81. The summed E-state index contributed by atoms with van der Waals surface area (Å²) in [6, 6.07) is 0. The van der Waals surface area contributed by atoms with Gasteiger partial charge in [0.15, 0.2) is 5.76 Å². The zero-order chi connectivity index (χ0) is 22.3. The van der Waals surface area contributed by atoms with Gasteiger partial charge in [0.25, 0.3) is 0 Å². The number of carbonyl (C=O) groups is 1. The van der Waals surface area contributed by atoms with Crippen LogP contribution in [-0.2, 0) is 14.3 Å². The lowest BCUT2D eigenvalue weighted by Gasteiger charge is -2.45. The highest BCUT2D eigenvalue weighted by molar-refractivity contribution is 6.27. The molecule has 162 valence electrons. The number of ether oxygens (including phenoxy) is 2. The molecule has 0 aromatic carbocycles. The van der Waals surface area contributed by atoms with Crippen LogP contribution in [0.4, 0.5) is 0 Å². The van der Waals surface area contributed by atoms with Gasteiger partial charge in [-0.1, -0.05) is 41.5 Å². The first-order valence-corrected chi connectivity index (χ1v) is 10.3. The summed E-state index contributed by atoms with van der Waals surface area (Å²) in [5.41, 5.74) is -2.39. The van der Waals surface area contributed by atoms with Crippen molar-refractivity contribution in [2.75, 3.05) is 0 Å². The van der Waals surface area contributed by atoms with E-state index in [9.17, 15) is 9.90 Å². The van der Waals surface area contributed by atoms with Gasteiger partial charge in [-0.2, -0.15) is 0 Å². The summed E-state index contributed by atoms with van der Waals surface area (Å²) < 4.78 is 11.6. The molecule has 28 heavy (non-hydrogen) atoms. The van der Waals surface area contributed by atoms with E-state index in [0.717, 1.165) is 6.42 Å². The van der Waals surface area contributed by atoms with Gasteiger partial charge in [-0.15, -0.1) is 0 Å². The lowest BCUT2D eigenvalue weighted by atomic mass is 9.69. The Labute approximate surface area is 171 Å². The van der Waals surface area contributed by atoms with E-state index in [1.165, 1.54) is 0 Å². The third-order valence-electron chi connectivity index (χ3n) is 4.21. The molecule has 0 aromatic rings. The number of hydrogen-bond donors (Lipinski definition) is 1. The third-order valence-corrected chi connectivity index (χ3v) is 4.21. The minimum absolute atomic E-state index is 0.0568. The largest absolute Gasteiger partial charge is 0.487 e. The van der Waals surface area contributed by atoms with E-state index in [2.05, 4.69) is 20.8 Å². The van der Waals surface area contributed by atoms with Gasteiger partial charge in [0.05, 0.1) is 23.5 Å². The molecule has 5 heteroatoms. The second-order valence-electron chi connectivity index (χ2n) is 11.3. The number of rotatable bonds is 7. The molecule has 0 saturated carbocycles. The molecular weight excluding hydrogens is 354 g/mol. The predicted octanol–water partition coefficient (Wildman–Crippen LogP) is 5.06. The lowest BCUT2D eigenvalue weighted by molar-refractivity contribution is -0.142.